The number of benzene rings is 2. The molecule has 144 valence electrons. The first-order chi connectivity index (χ1) is 13.6. The SMILES string of the molecule is COCC1(COC)Oc2ccc(C#N)cc2[C@@H](Nc2ccc(C#N)cc2)[C@@H]1O. The van der Waals surface area contributed by atoms with Crippen LogP contribution in [0.5, 0.6) is 5.75 Å². The molecule has 3 rings (SSSR count). The summed E-state index contributed by atoms with van der Waals surface area (Å²) in [6.45, 7) is 0.236. The Kier molecular flexibility index (Phi) is 5.81. The van der Waals surface area contributed by atoms with E-state index in [2.05, 4.69) is 17.5 Å². The molecule has 0 aliphatic carbocycles. The lowest BCUT2D eigenvalue weighted by Crippen LogP contribution is -2.60. The molecule has 1 aliphatic rings. The highest BCUT2D eigenvalue weighted by atomic mass is 16.6. The van der Waals surface area contributed by atoms with Crippen molar-refractivity contribution in [3.05, 3.63) is 59.2 Å². The van der Waals surface area contributed by atoms with Crippen LogP contribution in [0.25, 0.3) is 0 Å². The quantitative estimate of drug-likeness (QED) is 0.793. The first-order valence-corrected chi connectivity index (χ1v) is 8.72. The minimum atomic E-state index is -1.12. The minimum Gasteiger partial charge on any atom is -0.479 e. The van der Waals surface area contributed by atoms with Crippen molar-refractivity contribution < 1.29 is 19.3 Å². The summed E-state index contributed by atoms with van der Waals surface area (Å²) in [6, 6.07) is 15.6. The predicted molar refractivity (Wildman–Crippen MR) is 102 cm³/mol. The number of aliphatic hydroxyl groups is 1. The molecule has 1 heterocycles. The van der Waals surface area contributed by atoms with Crippen molar-refractivity contribution in [2.24, 2.45) is 0 Å². The highest BCUT2D eigenvalue weighted by Crippen LogP contribution is 2.42. The van der Waals surface area contributed by atoms with Gasteiger partial charge in [-0.2, -0.15) is 10.5 Å². The third kappa shape index (κ3) is 3.64. The molecule has 7 heteroatoms. The van der Waals surface area contributed by atoms with Crippen LogP contribution in [0.4, 0.5) is 5.69 Å². The van der Waals surface area contributed by atoms with Gasteiger partial charge in [-0.05, 0) is 42.5 Å². The molecule has 0 unspecified atom stereocenters. The lowest BCUT2D eigenvalue weighted by molar-refractivity contribution is -0.142. The van der Waals surface area contributed by atoms with Crippen LogP contribution in [0.15, 0.2) is 42.5 Å². The first-order valence-electron chi connectivity index (χ1n) is 8.72. The van der Waals surface area contributed by atoms with Crippen LogP contribution in [0.3, 0.4) is 0 Å². The van der Waals surface area contributed by atoms with Crippen molar-refractivity contribution in [3.8, 4) is 17.9 Å². The molecule has 0 spiro atoms. The highest BCUT2D eigenvalue weighted by Gasteiger charge is 2.50. The van der Waals surface area contributed by atoms with E-state index in [-0.39, 0.29) is 13.2 Å². The van der Waals surface area contributed by atoms with Gasteiger partial charge in [-0.3, -0.25) is 0 Å². The van der Waals surface area contributed by atoms with Gasteiger partial charge in [0.2, 0.25) is 0 Å². The molecule has 2 aromatic rings. The number of nitrogens with zero attached hydrogens (tertiary/aromatic N) is 2. The summed E-state index contributed by atoms with van der Waals surface area (Å²) in [6.07, 6.45) is -1.02. The minimum absolute atomic E-state index is 0.118. The number of rotatable bonds is 6. The fourth-order valence-corrected chi connectivity index (χ4v) is 3.44. The fraction of sp³-hybridized carbons (Fsp3) is 0.333. The third-order valence-corrected chi connectivity index (χ3v) is 4.76. The largest absolute Gasteiger partial charge is 0.479 e. The van der Waals surface area contributed by atoms with Crippen LogP contribution in [0.1, 0.15) is 22.7 Å². The molecule has 0 saturated heterocycles. The Hall–Kier alpha value is -3.10. The van der Waals surface area contributed by atoms with E-state index >= 15 is 0 Å². The Balaban J connectivity index is 2.05. The summed E-state index contributed by atoms with van der Waals surface area (Å²) in [7, 11) is 3.07. The number of ether oxygens (including phenoxy) is 3. The molecule has 0 bridgehead atoms. The molecule has 0 amide bonds. The molecule has 0 saturated carbocycles. The van der Waals surface area contributed by atoms with E-state index in [1.54, 1.807) is 42.5 Å². The van der Waals surface area contributed by atoms with Gasteiger partial charge >= 0.3 is 0 Å². The Morgan fingerprint density at radius 2 is 1.64 bits per heavy atom. The van der Waals surface area contributed by atoms with Crippen LogP contribution < -0.4 is 10.1 Å². The maximum Gasteiger partial charge on any atom is 0.183 e. The number of anilines is 1. The molecule has 0 radical (unpaired) electrons. The van der Waals surface area contributed by atoms with E-state index in [9.17, 15) is 10.4 Å². The van der Waals surface area contributed by atoms with Gasteiger partial charge in [-0.15, -0.1) is 0 Å². The van der Waals surface area contributed by atoms with Crippen LogP contribution in [0, 0.1) is 22.7 Å². The number of hydrogen-bond acceptors (Lipinski definition) is 7. The summed E-state index contributed by atoms with van der Waals surface area (Å²) >= 11 is 0. The number of fused-ring (bicyclic) bond motifs is 1. The van der Waals surface area contributed by atoms with Gasteiger partial charge in [0.05, 0.1) is 42.5 Å². The number of aliphatic hydroxyl groups excluding tert-OH is 1. The van der Waals surface area contributed by atoms with E-state index in [0.29, 0.717) is 22.4 Å². The van der Waals surface area contributed by atoms with E-state index in [1.807, 2.05) is 0 Å². The Bertz CT molecular complexity index is 909. The summed E-state index contributed by atoms with van der Waals surface area (Å²) in [4.78, 5) is 0. The van der Waals surface area contributed by atoms with Crippen molar-refractivity contribution >= 4 is 5.69 Å². The molecule has 2 aromatic carbocycles. The highest BCUT2D eigenvalue weighted by molar-refractivity contribution is 5.54. The normalized spacial score (nSPS) is 19.6. The molecular formula is C21H21N3O4. The van der Waals surface area contributed by atoms with E-state index in [0.717, 1.165) is 5.69 Å². The average Bonchev–Trinajstić information content (AvgIpc) is 2.72. The van der Waals surface area contributed by atoms with Gasteiger partial charge in [0, 0.05) is 25.5 Å². The van der Waals surface area contributed by atoms with Crippen molar-refractivity contribution in [2.75, 3.05) is 32.8 Å². The van der Waals surface area contributed by atoms with Crippen LogP contribution in [0.2, 0.25) is 0 Å². The second-order valence-corrected chi connectivity index (χ2v) is 6.65. The second-order valence-electron chi connectivity index (χ2n) is 6.65. The first kappa shape index (κ1) is 19.7. The predicted octanol–water partition coefficient (Wildman–Crippen LogP) is 2.37. The lowest BCUT2D eigenvalue weighted by atomic mass is 9.84. The topological polar surface area (TPSA) is 108 Å². The van der Waals surface area contributed by atoms with Gasteiger partial charge in [-0.1, -0.05) is 0 Å². The van der Waals surface area contributed by atoms with Crippen molar-refractivity contribution in [1.29, 1.82) is 10.5 Å². The molecule has 1 aliphatic heterocycles. The Morgan fingerprint density at radius 1 is 1.04 bits per heavy atom. The molecule has 2 atom stereocenters. The van der Waals surface area contributed by atoms with Gasteiger partial charge in [0.25, 0.3) is 0 Å². The number of nitrogens with one attached hydrogen (secondary N) is 1. The van der Waals surface area contributed by atoms with Gasteiger partial charge < -0.3 is 24.6 Å². The zero-order valence-corrected chi connectivity index (χ0v) is 15.7. The maximum absolute atomic E-state index is 11.2. The second kappa shape index (κ2) is 8.28. The van der Waals surface area contributed by atoms with E-state index in [1.165, 1.54) is 14.2 Å². The Labute approximate surface area is 163 Å². The summed E-state index contributed by atoms with van der Waals surface area (Å²) < 4.78 is 16.8. The van der Waals surface area contributed by atoms with E-state index in [4.69, 9.17) is 19.5 Å². The van der Waals surface area contributed by atoms with Crippen molar-refractivity contribution in [1.82, 2.24) is 0 Å². The molecule has 2 N–H and O–H groups in total. The third-order valence-electron chi connectivity index (χ3n) is 4.76. The molecule has 0 aromatic heterocycles. The molecular weight excluding hydrogens is 358 g/mol. The summed E-state index contributed by atoms with van der Waals surface area (Å²) in [5, 5.41) is 32.8. The Morgan fingerprint density at radius 3 is 2.21 bits per heavy atom. The average molecular weight is 379 g/mol. The van der Waals surface area contributed by atoms with Crippen molar-refractivity contribution in [3.63, 3.8) is 0 Å². The zero-order valence-electron chi connectivity index (χ0n) is 15.7. The van der Waals surface area contributed by atoms with Crippen LogP contribution >= 0.6 is 0 Å². The molecule has 7 nitrogen and oxygen atoms in total. The fourth-order valence-electron chi connectivity index (χ4n) is 3.44. The van der Waals surface area contributed by atoms with Gasteiger partial charge in [-0.25, -0.2) is 0 Å². The van der Waals surface area contributed by atoms with Gasteiger partial charge in [0.1, 0.15) is 11.9 Å². The number of methoxy groups -OCH3 is 2. The van der Waals surface area contributed by atoms with E-state index < -0.39 is 17.7 Å². The van der Waals surface area contributed by atoms with Gasteiger partial charge in [0.15, 0.2) is 5.60 Å². The smallest absolute Gasteiger partial charge is 0.183 e. The summed E-state index contributed by atoms with van der Waals surface area (Å²) in [5.41, 5.74) is 1.28. The standard InChI is InChI=1S/C21H21N3O4/c1-26-12-21(13-27-2)20(25)19(24-16-6-3-14(10-22)4-7-16)17-9-15(11-23)5-8-18(17)28-21/h3-9,19-20,24-25H,12-13H2,1-2H3/t19-,20+/m1/s1. The number of nitriles is 2. The van der Waals surface area contributed by atoms with Crippen LogP contribution in [-0.4, -0.2) is 44.2 Å². The maximum atomic E-state index is 11.2. The van der Waals surface area contributed by atoms with Crippen LogP contribution in [-0.2, 0) is 9.47 Å². The lowest BCUT2D eigenvalue weighted by Gasteiger charge is -2.45. The zero-order chi connectivity index (χ0) is 20.1. The molecule has 0 fully saturated rings. The monoisotopic (exact) mass is 379 g/mol. The summed E-state index contributed by atoms with van der Waals surface area (Å²) in [5.74, 6) is 0.546. The molecule has 28 heavy (non-hydrogen) atoms. The van der Waals surface area contributed by atoms with Crippen molar-refractivity contribution in [2.45, 2.75) is 17.7 Å². The number of hydrogen-bond donors (Lipinski definition) is 2.